The lowest BCUT2D eigenvalue weighted by Crippen LogP contribution is -2.41. The Bertz CT molecular complexity index is 744. The lowest BCUT2D eigenvalue weighted by molar-refractivity contribution is -0.120. The largest absolute Gasteiger partial charge is 0.326 e. The maximum absolute atomic E-state index is 13.4. The van der Waals surface area contributed by atoms with Gasteiger partial charge in [-0.15, -0.1) is 4.99 Å². The third kappa shape index (κ3) is 1.69. The summed E-state index contributed by atoms with van der Waals surface area (Å²) >= 11 is 5.82. The van der Waals surface area contributed by atoms with Gasteiger partial charge in [0.25, 0.3) is 5.91 Å². The Morgan fingerprint density at radius 1 is 1.41 bits per heavy atom. The molecule has 3 fully saturated rings. The van der Waals surface area contributed by atoms with Crippen LogP contribution in [0.1, 0.15) is 19.3 Å². The fourth-order valence-corrected chi connectivity index (χ4v) is 4.13. The molecule has 0 spiro atoms. The number of carbonyl (C=O) groups is 1. The number of halogens is 2. The maximum atomic E-state index is 13.4. The van der Waals surface area contributed by atoms with Crippen LogP contribution in [-0.4, -0.2) is 28.9 Å². The molecule has 112 valence electrons. The van der Waals surface area contributed by atoms with Gasteiger partial charge in [0.2, 0.25) is 12.2 Å². The number of amides is 1. The zero-order valence-corrected chi connectivity index (χ0v) is 12.3. The number of hydrogen-bond donors (Lipinski definition) is 0. The molecule has 0 aromatic heterocycles. The van der Waals surface area contributed by atoms with Crippen molar-refractivity contribution in [1.82, 2.24) is 4.90 Å². The fraction of sp³-hybridized carbons (Fsp3) is 0.400. The predicted molar refractivity (Wildman–Crippen MR) is 78.7 cm³/mol. The summed E-state index contributed by atoms with van der Waals surface area (Å²) in [7, 11) is 0. The third-order valence-electron chi connectivity index (χ3n) is 4.80. The molecule has 0 N–H and O–H groups in total. The summed E-state index contributed by atoms with van der Waals surface area (Å²) in [6, 6.07) is 4.09. The van der Waals surface area contributed by atoms with Gasteiger partial charge in [0.1, 0.15) is 11.9 Å². The van der Waals surface area contributed by atoms with E-state index in [4.69, 9.17) is 16.9 Å². The number of carbonyl (C=O) groups excluding carboxylic acids is 1. The normalized spacial score (nSPS) is 31.0. The lowest BCUT2D eigenvalue weighted by atomic mass is 9.99. The zero-order valence-electron chi connectivity index (χ0n) is 11.5. The average Bonchev–Trinajstić information content (AvgIpc) is 3.16. The van der Waals surface area contributed by atoms with E-state index < -0.39 is 5.82 Å². The fourth-order valence-electron chi connectivity index (χ4n) is 3.96. The standard InChI is InChI=1S/C15H12ClFN4O/c16-11-6-10(3-4-12(11)17)21-14(22)13-8-1-2-9(5-8)20(13)15(21)19-7-18/h3-4,6,8-9,13H,1-2,5H2/b19-15-/t8?,9?,13-/m1/s1. The first-order chi connectivity index (χ1) is 10.6. The van der Waals surface area contributed by atoms with Gasteiger partial charge in [0.15, 0.2) is 0 Å². The van der Waals surface area contributed by atoms with Crippen LogP contribution in [0.2, 0.25) is 5.02 Å². The third-order valence-corrected chi connectivity index (χ3v) is 5.09. The number of benzene rings is 1. The van der Waals surface area contributed by atoms with Crippen molar-refractivity contribution in [2.24, 2.45) is 10.9 Å². The van der Waals surface area contributed by atoms with Crippen molar-refractivity contribution in [2.75, 3.05) is 4.90 Å². The highest BCUT2D eigenvalue weighted by atomic mass is 35.5. The van der Waals surface area contributed by atoms with Crippen molar-refractivity contribution in [2.45, 2.75) is 31.3 Å². The molecule has 5 nitrogen and oxygen atoms in total. The minimum atomic E-state index is -0.545. The molecule has 7 heteroatoms. The number of anilines is 1. The first kappa shape index (κ1) is 13.5. The van der Waals surface area contributed by atoms with Crippen molar-refractivity contribution >= 4 is 29.2 Å². The van der Waals surface area contributed by atoms with Gasteiger partial charge >= 0.3 is 0 Å². The van der Waals surface area contributed by atoms with E-state index >= 15 is 0 Å². The van der Waals surface area contributed by atoms with Crippen molar-refractivity contribution in [3.8, 4) is 6.19 Å². The Kier molecular flexibility index (Phi) is 2.88. The van der Waals surface area contributed by atoms with Crippen LogP contribution in [0.25, 0.3) is 0 Å². The molecule has 1 aromatic carbocycles. The van der Waals surface area contributed by atoms with Crippen LogP contribution in [0.4, 0.5) is 10.1 Å². The molecule has 2 saturated heterocycles. The van der Waals surface area contributed by atoms with Gasteiger partial charge in [-0.05, 0) is 43.4 Å². The molecule has 1 aliphatic carbocycles. The number of rotatable bonds is 1. The van der Waals surface area contributed by atoms with E-state index in [1.807, 2.05) is 4.90 Å². The number of fused-ring (bicyclic) bond motifs is 5. The number of nitriles is 1. The number of nitrogens with zero attached hydrogens (tertiary/aromatic N) is 4. The summed E-state index contributed by atoms with van der Waals surface area (Å²) < 4.78 is 13.4. The highest BCUT2D eigenvalue weighted by Gasteiger charge is 2.58. The van der Waals surface area contributed by atoms with Gasteiger partial charge in [0, 0.05) is 6.04 Å². The summed E-state index contributed by atoms with van der Waals surface area (Å²) in [5, 5.41) is 8.92. The van der Waals surface area contributed by atoms with Crippen molar-refractivity contribution < 1.29 is 9.18 Å². The van der Waals surface area contributed by atoms with E-state index in [1.54, 1.807) is 6.19 Å². The second-order valence-corrected chi connectivity index (χ2v) is 6.27. The maximum Gasteiger partial charge on any atom is 0.257 e. The van der Waals surface area contributed by atoms with Gasteiger partial charge < -0.3 is 4.90 Å². The molecule has 0 radical (unpaired) electrons. The summed E-state index contributed by atoms with van der Waals surface area (Å²) in [6.45, 7) is 0. The molecular weight excluding hydrogens is 307 g/mol. The number of aliphatic imine (C=N–C) groups is 1. The number of guanidine groups is 1. The first-order valence-electron chi connectivity index (χ1n) is 7.16. The highest BCUT2D eigenvalue weighted by Crippen LogP contribution is 2.47. The van der Waals surface area contributed by atoms with Crippen LogP contribution in [0.5, 0.6) is 0 Å². The molecule has 22 heavy (non-hydrogen) atoms. The molecule has 2 heterocycles. The smallest absolute Gasteiger partial charge is 0.257 e. The predicted octanol–water partition coefficient (Wildman–Crippen LogP) is 2.52. The van der Waals surface area contributed by atoms with E-state index in [-0.39, 0.29) is 23.0 Å². The minimum absolute atomic E-state index is 0.0587. The monoisotopic (exact) mass is 318 g/mol. The second-order valence-electron chi connectivity index (χ2n) is 5.86. The van der Waals surface area contributed by atoms with E-state index in [2.05, 4.69) is 4.99 Å². The van der Waals surface area contributed by atoms with E-state index in [9.17, 15) is 9.18 Å². The number of piperidine rings is 1. The Labute approximate surface area is 131 Å². The van der Waals surface area contributed by atoms with Crippen molar-refractivity contribution in [1.29, 1.82) is 5.26 Å². The first-order valence-corrected chi connectivity index (χ1v) is 7.53. The molecule has 2 aliphatic heterocycles. The summed E-state index contributed by atoms with van der Waals surface area (Å²) in [5.41, 5.74) is 0.444. The Morgan fingerprint density at radius 2 is 2.23 bits per heavy atom. The SMILES string of the molecule is N#C/N=C1\N(c2ccc(F)c(Cl)c2)C(=O)[C@H]2C3CCC(C3)N12. The average molecular weight is 319 g/mol. The van der Waals surface area contributed by atoms with Gasteiger partial charge in [-0.3, -0.25) is 4.79 Å². The van der Waals surface area contributed by atoms with Gasteiger partial charge in [-0.2, -0.15) is 5.26 Å². The van der Waals surface area contributed by atoms with Crippen LogP contribution in [0, 0.1) is 23.2 Å². The van der Waals surface area contributed by atoms with Crippen LogP contribution in [-0.2, 0) is 4.79 Å². The summed E-state index contributed by atoms with van der Waals surface area (Å²) in [5.74, 6) is -0.00466. The molecule has 2 bridgehead atoms. The van der Waals surface area contributed by atoms with E-state index in [0.717, 1.165) is 19.3 Å². The lowest BCUT2D eigenvalue weighted by Gasteiger charge is -2.28. The Hall–Kier alpha value is -2.13. The molecule has 3 aliphatic rings. The Morgan fingerprint density at radius 3 is 2.95 bits per heavy atom. The second kappa shape index (κ2) is 4.68. The van der Waals surface area contributed by atoms with Gasteiger partial charge in [0.05, 0.1) is 10.7 Å². The van der Waals surface area contributed by atoms with Crippen LogP contribution < -0.4 is 4.90 Å². The Balaban J connectivity index is 1.81. The van der Waals surface area contributed by atoms with Gasteiger partial charge in [-0.1, -0.05) is 11.6 Å². The highest BCUT2D eigenvalue weighted by molar-refractivity contribution is 6.31. The molecule has 1 amide bonds. The quantitative estimate of drug-likeness (QED) is 0.748. The molecular formula is C15H12ClFN4O. The van der Waals surface area contributed by atoms with E-state index in [1.165, 1.54) is 23.1 Å². The molecule has 3 atom stereocenters. The molecule has 4 rings (SSSR count). The molecule has 1 aromatic rings. The molecule has 2 unspecified atom stereocenters. The topological polar surface area (TPSA) is 59.7 Å². The van der Waals surface area contributed by atoms with Crippen molar-refractivity contribution in [3.05, 3.63) is 29.0 Å². The summed E-state index contributed by atoms with van der Waals surface area (Å²) in [6.07, 6.45) is 4.78. The molecule has 1 saturated carbocycles. The van der Waals surface area contributed by atoms with Crippen LogP contribution in [0.15, 0.2) is 23.2 Å². The van der Waals surface area contributed by atoms with Crippen molar-refractivity contribution in [3.63, 3.8) is 0 Å². The van der Waals surface area contributed by atoms with Gasteiger partial charge in [-0.25, -0.2) is 9.29 Å². The number of hydrogen-bond acceptors (Lipinski definition) is 3. The van der Waals surface area contributed by atoms with Crippen LogP contribution in [0.3, 0.4) is 0 Å². The minimum Gasteiger partial charge on any atom is -0.326 e. The summed E-state index contributed by atoms with van der Waals surface area (Å²) in [4.78, 5) is 20.0. The van der Waals surface area contributed by atoms with E-state index in [0.29, 0.717) is 17.6 Å². The van der Waals surface area contributed by atoms with Crippen LogP contribution >= 0.6 is 11.6 Å². The zero-order chi connectivity index (χ0) is 15.4.